The highest BCUT2D eigenvalue weighted by Crippen LogP contribution is 2.19. The summed E-state index contributed by atoms with van der Waals surface area (Å²) in [6, 6.07) is 3.22. The van der Waals surface area contributed by atoms with E-state index >= 15 is 0 Å². The van der Waals surface area contributed by atoms with E-state index in [1.807, 2.05) is 14.1 Å². The van der Waals surface area contributed by atoms with E-state index in [4.69, 9.17) is 0 Å². The molecule has 1 aliphatic carbocycles. The van der Waals surface area contributed by atoms with Gasteiger partial charge in [0.1, 0.15) is 6.01 Å². The summed E-state index contributed by atoms with van der Waals surface area (Å²) in [5.74, 6) is 0. The van der Waals surface area contributed by atoms with E-state index in [0.29, 0.717) is 6.04 Å². The van der Waals surface area contributed by atoms with Crippen LogP contribution in [0.1, 0.15) is 32.1 Å². The molecule has 0 N–H and O–H groups in total. The summed E-state index contributed by atoms with van der Waals surface area (Å²) in [5.41, 5.74) is 0. The molecule has 3 heteroatoms. The van der Waals surface area contributed by atoms with Crippen molar-refractivity contribution in [3.63, 3.8) is 0 Å². The van der Waals surface area contributed by atoms with E-state index in [0.717, 1.165) is 0 Å². The van der Waals surface area contributed by atoms with E-state index in [-0.39, 0.29) is 0 Å². The summed E-state index contributed by atoms with van der Waals surface area (Å²) in [6.07, 6.45) is 6.44. The van der Waals surface area contributed by atoms with Crippen LogP contribution < -0.4 is 0 Å². The quantitative estimate of drug-likeness (QED) is 0.456. The van der Waals surface area contributed by atoms with Gasteiger partial charge in [-0.3, -0.25) is 5.01 Å². The fourth-order valence-corrected chi connectivity index (χ4v) is 1.41. The normalized spacial score (nSPS) is 18.2. The zero-order chi connectivity index (χ0) is 8.81. The van der Waals surface area contributed by atoms with Crippen molar-refractivity contribution in [2.45, 2.75) is 38.1 Å². The molecule has 0 spiro atoms. The van der Waals surface area contributed by atoms with Crippen LogP contribution in [0.15, 0.2) is 10.1 Å². The predicted molar refractivity (Wildman–Crippen MR) is 50.4 cm³/mol. The molecule has 1 rings (SSSR count). The van der Waals surface area contributed by atoms with Gasteiger partial charge in [-0.1, -0.05) is 19.3 Å². The lowest BCUT2D eigenvalue weighted by molar-refractivity contribution is 0.432. The second-order valence-corrected chi connectivity index (χ2v) is 3.47. The Morgan fingerprint density at radius 3 is 2.42 bits per heavy atom. The molecular weight excluding hydrogens is 150 g/mol. The maximum Gasteiger partial charge on any atom is 0.115 e. The fraction of sp³-hybridized carbons (Fsp3) is 0.889. The Morgan fingerprint density at radius 1 is 1.17 bits per heavy atom. The fourth-order valence-electron chi connectivity index (χ4n) is 1.41. The van der Waals surface area contributed by atoms with Gasteiger partial charge in [0.25, 0.3) is 0 Å². The first-order valence-corrected chi connectivity index (χ1v) is 4.62. The third kappa shape index (κ3) is 3.54. The van der Waals surface area contributed by atoms with Gasteiger partial charge in [0.2, 0.25) is 0 Å². The number of nitrogens with zero attached hydrogens (tertiary/aromatic N) is 3. The van der Waals surface area contributed by atoms with Crippen LogP contribution in [-0.2, 0) is 0 Å². The Bertz CT molecular complexity index is 174. The summed E-state index contributed by atoms with van der Waals surface area (Å²) >= 11 is 0. The molecule has 0 unspecified atom stereocenters. The van der Waals surface area contributed by atoms with E-state index in [1.165, 1.54) is 32.1 Å². The van der Waals surface area contributed by atoms with Crippen molar-refractivity contribution in [2.24, 2.45) is 10.1 Å². The second kappa shape index (κ2) is 4.94. The molecule has 1 aliphatic rings. The second-order valence-electron chi connectivity index (χ2n) is 3.47. The van der Waals surface area contributed by atoms with Gasteiger partial charge in [0.05, 0.1) is 6.04 Å². The molecule has 0 bridgehead atoms. The van der Waals surface area contributed by atoms with Gasteiger partial charge in [0, 0.05) is 14.1 Å². The summed E-state index contributed by atoms with van der Waals surface area (Å²) in [4.78, 5) is 4.27. The Hall–Kier alpha value is -0.820. The molecule has 1 saturated carbocycles. The Balaban J connectivity index is 2.33. The minimum atomic E-state index is 0.488. The third-order valence-corrected chi connectivity index (χ3v) is 2.06. The maximum absolute atomic E-state index is 4.27. The van der Waals surface area contributed by atoms with Gasteiger partial charge < -0.3 is 0 Å². The monoisotopic (exact) mass is 167 g/mol. The molecule has 0 aromatic carbocycles. The van der Waals surface area contributed by atoms with Gasteiger partial charge in [-0.25, -0.2) is 4.99 Å². The third-order valence-electron chi connectivity index (χ3n) is 2.06. The molecule has 3 nitrogen and oxygen atoms in total. The molecular formula is C9H17N3. The first kappa shape index (κ1) is 9.27. The highest BCUT2D eigenvalue weighted by Gasteiger charge is 2.10. The van der Waals surface area contributed by atoms with Crippen LogP contribution in [0.2, 0.25) is 0 Å². The summed E-state index contributed by atoms with van der Waals surface area (Å²) < 4.78 is 0. The largest absolute Gasteiger partial charge is 0.294 e. The van der Waals surface area contributed by atoms with Gasteiger partial charge in [-0.15, -0.1) is 5.10 Å². The molecule has 1 fully saturated rings. The molecule has 68 valence electrons. The lowest BCUT2D eigenvalue weighted by atomic mass is 9.96. The molecule has 0 saturated heterocycles. The smallest absolute Gasteiger partial charge is 0.115 e. The van der Waals surface area contributed by atoms with E-state index < -0.39 is 0 Å². The highest BCUT2D eigenvalue weighted by atomic mass is 15.4. The molecule has 0 aliphatic heterocycles. The molecule has 0 aromatic heterocycles. The average molecular weight is 167 g/mol. The summed E-state index contributed by atoms with van der Waals surface area (Å²) in [7, 11) is 3.76. The molecule has 12 heavy (non-hydrogen) atoms. The van der Waals surface area contributed by atoms with Crippen LogP contribution >= 0.6 is 0 Å². The molecule has 0 amide bonds. The van der Waals surface area contributed by atoms with Crippen molar-refractivity contribution in [3.05, 3.63) is 0 Å². The van der Waals surface area contributed by atoms with Crippen molar-refractivity contribution in [1.29, 1.82) is 0 Å². The first-order chi connectivity index (χ1) is 5.79. The lowest BCUT2D eigenvalue weighted by Gasteiger charge is -2.15. The molecule has 0 heterocycles. The number of aliphatic imine (C=N–C) groups is 1. The Morgan fingerprint density at radius 2 is 1.83 bits per heavy atom. The van der Waals surface area contributed by atoms with Crippen molar-refractivity contribution >= 4 is 6.01 Å². The Labute approximate surface area is 74.2 Å². The van der Waals surface area contributed by atoms with Gasteiger partial charge in [-0.2, -0.15) is 0 Å². The van der Waals surface area contributed by atoms with Crippen LogP contribution in [0.5, 0.6) is 0 Å². The summed E-state index contributed by atoms with van der Waals surface area (Å²) in [6.45, 7) is 0. The van der Waals surface area contributed by atoms with Crippen LogP contribution in [0.25, 0.3) is 0 Å². The Kier molecular flexibility index (Phi) is 3.81. The van der Waals surface area contributed by atoms with Crippen LogP contribution in [-0.4, -0.2) is 31.2 Å². The summed E-state index contributed by atoms with van der Waals surface area (Å²) in [5, 5.41) is 5.65. The van der Waals surface area contributed by atoms with Crippen molar-refractivity contribution in [3.8, 4) is 0 Å². The van der Waals surface area contributed by atoms with Gasteiger partial charge in [0.15, 0.2) is 0 Å². The topological polar surface area (TPSA) is 28.0 Å². The van der Waals surface area contributed by atoms with Crippen molar-refractivity contribution < 1.29 is 0 Å². The lowest BCUT2D eigenvalue weighted by Crippen LogP contribution is -2.09. The van der Waals surface area contributed by atoms with Gasteiger partial charge >= 0.3 is 0 Å². The van der Waals surface area contributed by atoms with Crippen LogP contribution in [0.4, 0.5) is 0 Å². The van der Waals surface area contributed by atoms with E-state index in [9.17, 15) is 0 Å². The number of rotatable bonds is 2. The zero-order valence-corrected chi connectivity index (χ0v) is 7.95. The number of hydrogen-bond acceptors (Lipinski definition) is 3. The van der Waals surface area contributed by atoms with Crippen molar-refractivity contribution in [2.75, 3.05) is 14.1 Å². The molecule has 0 atom stereocenters. The van der Waals surface area contributed by atoms with E-state index in [2.05, 4.69) is 16.1 Å². The SMILES string of the molecule is CN(C)N=C=NC1CCCCC1. The van der Waals surface area contributed by atoms with Crippen molar-refractivity contribution in [1.82, 2.24) is 5.01 Å². The highest BCUT2D eigenvalue weighted by molar-refractivity contribution is 5.40. The number of hydrazone groups is 1. The predicted octanol–water partition coefficient (Wildman–Crippen LogP) is 1.97. The van der Waals surface area contributed by atoms with Crippen LogP contribution in [0, 0.1) is 0 Å². The number of hydrogen-bond donors (Lipinski definition) is 0. The minimum absolute atomic E-state index is 0.488. The van der Waals surface area contributed by atoms with E-state index in [1.54, 1.807) is 5.01 Å². The average Bonchev–Trinajstić information content (AvgIpc) is 2.05. The maximum atomic E-state index is 4.27. The first-order valence-electron chi connectivity index (χ1n) is 4.62. The molecule has 0 aromatic rings. The zero-order valence-electron chi connectivity index (χ0n) is 7.95. The minimum Gasteiger partial charge on any atom is -0.294 e. The molecule has 0 radical (unpaired) electrons. The van der Waals surface area contributed by atoms with Gasteiger partial charge in [-0.05, 0) is 12.8 Å². The van der Waals surface area contributed by atoms with Crippen LogP contribution in [0.3, 0.4) is 0 Å². The standard InChI is InChI=1S/C9H17N3/c1-12(2)11-8-10-9-6-4-3-5-7-9/h9H,3-7H2,1-2H3.